The molecule has 1 amide bonds. The standard InChI is InChI=1S/C29H41F2N5O6SSi/c1-19(2)25(32)28(39)42-12-13-43(40,41)34-20-7-8-22(24(16-20)35-10-14-44(3,4)15-11-35)26(37)33-23-6-5-9-36(27(23)38)21-17-29(30,31)18-21/h5-9,16,19,21,25,34H,10-15,17-18,32H2,1-4H3,(H,33,37)/t25-/m0/s1. The smallest absolute Gasteiger partial charge is 0.323 e. The first kappa shape index (κ1) is 33.6. The fourth-order valence-corrected chi connectivity index (χ4v) is 8.05. The fraction of sp³-hybridized carbons (Fsp3) is 0.552. The Morgan fingerprint density at radius 1 is 1.16 bits per heavy atom. The molecular formula is C29H41F2N5O6SSi. The minimum atomic E-state index is -3.93. The Morgan fingerprint density at radius 3 is 2.43 bits per heavy atom. The summed E-state index contributed by atoms with van der Waals surface area (Å²) in [5, 5.41) is 2.63. The molecule has 2 fully saturated rings. The molecule has 1 aromatic heterocycles. The zero-order valence-electron chi connectivity index (χ0n) is 25.4. The first-order valence-corrected chi connectivity index (χ1v) is 19.8. The van der Waals surface area contributed by atoms with Crippen molar-refractivity contribution >= 4 is 47.0 Å². The van der Waals surface area contributed by atoms with Gasteiger partial charge in [0, 0.05) is 38.2 Å². The number of carbonyl (C=O) groups is 2. The van der Waals surface area contributed by atoms with Gasteiger partial charge in [-0.2, -0.15) is 0 Å². The predicted octanol–water partition coefficient (Wildman–Crippen LogP) is 3.87. The number of anilines is 3. The van der Waals surface area contributed by atoms with Crippen molar-refractivity contribution in [3.8, 4) is 0 Å². The maximum Gasteiger partial charge on any atom is 0.323 e. The van der Waals surface area contributed by atoms with Gasteiger partial charge in [0.05, 0.1) is 25.0 Å². The van der Waals surface area contributed by atoms with Crippen LogP contribution in [0.5, 0.6) is 0 Å². The largest absolute Gasteiger partial charge is 0.463 e. The van der Waals surface area contributed by atoms with Crippen LogP contribution >= 0.6 is 0 Å². The van der Waals surface area contributed by atoms with Gasteiger partial charge < -0.3 is 25.3 Å². The van der Waals surface area contributed by atoms with Gasteiger partial charge in [0.15, 0.2) is 0 Å². The molecule has 1 aromatic carbocycles. The molecule has 44 heavy (non-hydrogen) atoms. The van der Waals surface area contributed by atoms with Gasteiger partial charge in [0.2, 0.25) is 10.0 Å². The van der Waals surface area contributed by atoms with Gasteiger partial charge in [-0.25, -0.2) is 17.2 Å². The van der Waals surface area contributed by atoms with Gasteiger partial charge in [-0.3, -0.25) is 19.1 Å². The average molecular weight is 654 g/mol. The first-order valence-electron chi connectivity index (χ1n) is 14.7. The second-order valence-corrected chi connectivity index (χ2v) is 19.9. The van der Waals surface area contributed by atoms with Crippen LogP contribution in [-0.2, 0) is 19.6 Å². The molecule has 11 nitrogen and oxygen atoms in total. The number of amides is 1. The summed E-state index contributed by atoms with van der Waals surface area (Å²) in [7, 11) is -5.32. The van der Waals surface area contributed by atoms with Gasteiger partial charge in [0.25, 0.3) is 17.4 Å². The molecule has 15 heteroatoms. The van der Waals surface area contributed by atoms with E-state index in [0.717, 1.165) is 12.1 Å². The highest BCUT2D eigenvalue weighted by Gasteiger charge is 2.46. The molecule has 0 spiro atoms. The lowest BCUT2D eigenvalue weighted by Gasteiger charge is -2.38. The summed E-state index contributed by atoms with van der Waals surface area (Å²) in [6, 6.07) is 7.90. The van der Waals surface area contributed by atoms with Crippen LogP contribution < -0.4 is 26.2 Å². The lowest BCUT2D eigenvalue weighted by molar-refractivity contribution is -0.145. The Kier molecular flexibility index (Phi) is 9.90. The monoisotopic (exact) mass is 653 g/mol. The third kappa shape index (κ3) is 8.24. The Bertz CT molecular complexity index is 1550. The molecule has 242 valence electrons. The molecule has 1 atom stereocenters. The van der Waals surface area contributed by atoms with E-state index >= 15 is 0 Å². The van der Waals surface area contributed by atoms with Crippen LogP contribution in [-0.4, -0.2) is 70.3 Å². The molecule has 4 rings (SSSR count). The van der Waals surface area contributed by atoms with E-state index in [-0.39, 0.29) is 29.5 Å². The maximum atomic E-state index is 13.5. The summed E-state index contributed by atoms with van der Waals surface area (Å²) < 4.78 is 61.2. The van der Waals surface area contributed by atoms with Crippen molar-refractivity contribution in [3.63, 3.8) is 0 Å². The zero-order chi connectivity index (χ0) is 32.4. The van der Waals surface area contributed by atoms with Crippen molar-refractivity contribution in [3.05, 3.63) is 52.4 Å². The third-order valence-corrected chi connectivity index (χ3v) is 12.6. The number of ether oxygens (including phenoxy) is 1. The van der Waals surface area contributed by atoms with Crippen LogP contribution in [0.25, 0.3) is 0 Å². The SMILES string of the molecule is CC(C)[C@H](N)C(=O)OCCS(=O)(=O)Nc1ccc(C(=O)Nc2cccn(C3CC(F)(F)C3)c2=O)c(N2CC[Si](C)(C)CC2)c1. The lowest BCUT2D eigenvalue weighted by atomic mass is 9.88. The number of halogens is 2. The number of nitrogens with one attached hydrogen (secondary N) is 2. The molecule has 2 aliphatic rings. The predicted molar refractivity (Wildman–Crippen MR) is 169 cm³/mol. The molecule has 1 aliphatic heterocycles. The molecule has 0 bridgehead atoms. The van der Waals surface area contributed by atoms with Crippen molar-refractivity contribution in [1.82, 2.24) is 4.57 Å². The van der Waals surface area contributed by atoms with E-state index in [4.69, 9.17) is 10.5 Å². The molecule has 0 unspecified atom stereocenters. The van der Waals surface area contributed by atoms with Crippen molar-refractivity contribution in [2.75, 3.05) is 40.4 Å². The van der Waals surface area contributed by atoms with Crippen LogP contribution in [0.1, 0.15) is 43.1 Å². The quantitative estimate of drug-likeness (QED) is 0.244. The third-order valence-electron chi connectivity index (χ3n) is 8.24. The molecule has 2 aromatic rings. The number of sulfonamides is 1. The van der Waals surface area contributed by atoms with Gasteiger partial charge in [-0.1, -0.05) is 26.9 Å². The average Bonchev–Trinajstić information content (AvgIpc) is 2.92. The number of aromatic nitrogens is 1. The summed E-state index contributed by atoms with van der Waals surface area (Å²) in [6.07, 6.45) is 0.561. The van der Waals surface area contributed by atoms with E-state index in [2.05, 4.69) is 23.1 Å². The molecule has 1 saturated heterocycles. The molecule has 1 saturated carbocycles. The van der Waals surface area contributed by atoms with E-state index < -0.39 is 72.1 Å². The summed E-state index contributed by atoms with van der Waals surface area (Å²) in [5.41, 5.74) is 6.08. The maximum absolute atomic E-state index is 13.5. The Morgan fingerprint density at radius 2 is 1.82 bits per heavy atom. The number of alkyl halides is 2. The number of nitrogens with zero attached hydrogens (tertiary/aromatic N) is 2. The van der Waals surface area contributed by atoms with E-state index in [9.17, 15) is 31.6 Å². The van der Waals surface area contributed by atoms with E-state index in [0.29, 0.717) is 18.8 Å². The van der Waals surface area contributed by atoms with Gasteiger partial charge in [-0.05, 0) is 48.3 Å². The highest BCUT2D eigenvalue weighted by Crippen LogP contribution is 2.44. The van der Waals surface area contributed by atoms with Gasteiger partial charge >= 0.3 is 5.97 Å². The number of hydrogen-bond acceptors (Lipinski definition) is 8. The number of benzene rings is 1. The second kappa shape index (κ2) is 13.0. The van der Waals surface area contributed by atoms with E-state index in [1.807, 2.05) is 4.90 Å². The Labute approximate surface area is 257 Å². The highest BCUT2D eigenvalue weighted by molar-refractivity contribution is 7.92. The summed E-state index contributed by atoms with van der Waals surface area (Å²) in [5.74, 6) is -4.72. The van der Waals surface area contributed by atoms with Crippen LogP contribution in [0.15, 0.2) is 41.3 Å². The van der Waals surface area contributed by atoms with Gasteiger partial charge in [0.1, 0.15) is 24.1 Å². The van der Waals surface area contributed by atoms with Crippen molar-refractivity contribution in [2.24, 2.45) is 11.7 Å². The molecule has 1 aliphatic carbocycles. The number of esters is 1. The van der Waals surface area contributed by atoms with Crippen LogP contribution in [0, 0.1) is 5.92 Å². The second-order valence-electron chi connectivity index (χ2n) is 12.7. The van der Waals surface area contributed by atoms with Crippen molar-refractivity contribution in [1.29, 1.82) is 0 Å². The van der Waals surface area contributed by atoms with E-state index in [1.54, 1.807) is 19.9 Å². The molecule has 2 heterocycles. The summed E-state index contributed by atoms with van der Waals surface area (Å²) >= 11 is 0. The van der Waals surface area contributed by atoms with Crippen LogP contribution in [0.3, 0.4) is 0 Å². The minimum absolute atomic E-state index is 0.0395. The number of pyridine rings is 1. The Balaban J connectivity index is 1.53. The van der Waals surface area contributed by atoms with Crippen LogP contribution in [0.2, 0.25) is 25.2 Å². The fourth-order valence-electron chi connectivity index (χ4n) is 5.16. The van der Waals surface area contributed by atoms with Crippen molar-refractivity contribution in [2.45, 2.75) is 69.9 Å². The number of nitrogens with two attached hydrogens (primary N) is 1. The number of rotatable bonds is 11. The Hall–Kier alpha value is -3.30. The number of carbonyl (C=O) groups excluding carboxylic acids is 2. The normalized spacial score (nSPS) is 18.8. The molecule has 0 radical (unpaired) electrons. The van der Waals surface area contributed by atoms with Crippen LogP contribution in [0.4, 0.5) is 25.8 Å². The lowest BCUT2D eigenvalue weighted by Crippen LogP contribution is -2.43. The molecule has 4 N–H and O–H groups in total. The highest BCUT2D eigenvalue weighted by atomic mass is 32.2. The summed E-state index contributed by atoms with van der Waals surface area (Å²) in [6.45, 7) is 9.08. The number of hydrogen-bond donors (Lipinski definition) is 3. The minimum Gasteiger partial charge on any atom is -0.463 e. The van der Waals surface area contributed by atoms with Crippen molar-refractivity contribution < 1.29 is 31.5 Å². The molecular weight excluding hydrogens is 612 g/mol. The zero-order valence-corrected chi connectivity index (χ0v) is 27.3. The van der Waals surface area contributed by atoms with Gasteiger partial charge in [-0.15, -0.1) is 0 Å². The first-order chi connectivity index (χ1) is 20.5. The topological polar surface area (TPSA) is 153 Å². The summed E-state index contributed by atoms with van der Waals surface area (Å²) in [4.78, 5) is 40.6. The van der Waals surface area contributed by atoms with E-state index in [1.165, 1.54) is 35.0 Å².